The van der Waals surface area contributed by atoms with Crippen LogP contribution in [0.3, 0.4) is 0 Å². The van der Waals surface area contributed by atoms with Crippen LogP contribution in [0.1, 0.15) is 45.4 Å². The van der Waals surface area contributed by atoms with E-state index in [1.807, 2.05) is 0 Å². The second-order valence-electron chi connectivity index (χ2n) is 5.60. The molecule has 2 heteroatoms. The van der Waals surface area contributed by atoms with Gasteiger partial charge in [0, 0.05) is 5.92 Å². The number of ether oxygens (including phenoxy) is 2. The van der Waals surface area contributed by atoms with Crippen molar-refractivity contribution in [3.63, 3.8) is 0 Å². The van der Waals surface area contributed by atoms with Crippen LogP contribution >= 0.6 is 0 Å². The summed E-state index contributed by atoms with van der Waals surface area (Å²) >= 11 is 0. The number of hydrogen-bond acceptors (Lipinski definition) is 2. The van der Waals surface area contributed by atoms with Crippen molar-refractivity contribution in [2.24, 2.45) is 17.8 Å². The Bertz CT molecular complexity index is 223. The van der Waals surface area contributed by atoms with Crippen LogP contribution in [-0.4, -0.2) is 19.5 Å². The maximum atomic E-state index is 5.63. The first-order valence-electron chi connectivity index (χ1n) is 7.19. The van der Waals surface area contributed by atoms with Crippen LogP contribution in [0.2, 0.25) is 0 Å². The van der Waals surface area contributed by atoms with Gasteiger partial charge < -0.3 is 9.47 Å². The molecule has 0 aromatic rings. The van der Waals surface area contributed by atoms with Crippen LogP contribution in [0.25, 0.3) is 0 Å². The second kappa shape index (κ2) is 6.55. The van der Waals surface area contributed by atoms with Gasteiger partial charge in [-0.1, -0.05) is 39.2 Å². The normalized spacial score (nSPS) is 38.9. The quantitative estimate of drug-likeness (QED) is 0.694. The van der Waals surface area contributed by atoms with Crippen molar-refractivity contribution in [1.82, 2.24) is 0 Å². The third-order valence-corrected chi connectivity index (χ3v) is 4.40. The lowest BCUT2D eigenvalue weighted by atomic mass is 9.75. The summed E-state index contributed by atoms with van der Waals surface area (Å²) in [5, 5.41) is 0. The van der Waals surface area contributed by atoms with Crippen molar-refractivity contribution in [1.29, 1.82) is 0 Å². The Morgan fingerprint density at radius 1 is 1.06 bits per heavy atom. The molecule has 17 heavy (non-hydrogen) atoms. The molecule has 0 radical (unpaired) electrons. The molecule has 0 aromatic heterocycles. The lowest BCUT2D eigenvalue weighted by molar-refractivity contribution is -0.185. The zero-order chi connectivity index (χ0) is 12.1. The maximum Gasteiger partial charge on any atom is 0.176 e. The molecule has 98 valence electrons. The topological polar surface area (TPSA) is 18.5 Å². The molecule has 0 spiro atoms. The highest BCUT2D eigenvalue weighted by Gasteiger charge is 2.30. The van der Waals surface area contributed by atoms with E-state index in [0.717, 1.165) is 25.0 Å². The Balaban J connectivity index is 1.72. The van der Waals surface area contributed by atoms with Crippen molar-refractivity contribution in [3.05, 3.63) is 12.7 Å². The fourth-order valence-corrected chi connectivity index (χ4v) is 3.30. The third kappa shape index (κ3) is 3.56. The van der Waals surface area contributed by atoms with Crippen molar-refractivity contribution >= 4 is 0 Å². The summed E-state index contributed by atoms with van der Waals surface area (Å²) in [5.74, 6) is 2.44. The molecule has 1 aliphatic carbocycles. The van der Waals surface area contributed by atoms with E-state index in [0.29, 0.717) is 5.92 Å². The molecule has 0 unspecified atom stereocenters. The van der Waals surface area contributed by atoms with Crippen molar-refractivity contribution < 1.29 is 9.47 Å². The zero-order valence-electron chi connectivity index (χ0n) is 11.1. The average Bonchev–Trinajstić information content (AvgIpc) is 2.40. The molecule has 0 aromatic carbocycles. The van der Waals surface area contributed by atoms with Crippen molar-refractivity contribution in [3.8, 4) is 0 Å². The minimum atomic E-state index is -0.164. The summed E-state index contributed by atoms with van der Waals surface area (Å²) in [4.78, 5) is 0. The summed E-state index contributed by atoms with van der Waals surface area (Å²) in [5.41, 5.74) is 0. The standard InChI is InChI=1S/C15H26O2/c1-3-5-12-6-8-13(9-7-12)14-10-16-15(4-2)17-11-14/h4,12-15H,2-3,5-11H2,1H3. The maximum absolute atomic E-state index is 5.63. The Kier molecular flexibility index (Phi) is 5.05. The predicted molar refractivity (Wildman–Crippen MR) is 69.7 cm³/mol. The molecule has 0 bridgehead atoms. The Morgan fingerprint density at radius 3 is 2.24 bits per heavy atom. The first-order valence-corrected chi connectivity index (χ1v) is 7.19. The first-order chi connectivity index (χ1) is 8.33. The highest BCUT2D eigenvalue weighted by molar-refractivity contribution is 4.82. The van der Waals surface area contributed by atoms with Gasteiger partial charge >= 0.3 is 0 Å². The van der Waals surface area contributed by atoms with Gasteiger partial charge in [0.2, 0.25) is 0 Å². The van der Waals surface area contributed by atoms with Gasteiger partial charge in [-0.05, 0) is 30.8 Å². The molecule has 0 N–H and O–H groups in total. The van der Waals surface area contributed by atoms with E-state index in [-0.39, 0.29) is 6.29 Å². The van der Waals surface area contributed by atoms with Gasteiger partial charge in [-0.25, -0.2) is 0 Å². The predicted octanol–water partition coefficient (Wildman–Crippen LogP) is 3.77. The van der Waals surface area contributed by atoms with Crippen LogP contribution < -0.4 is 0 Å². The fourth-order valence-electron chi connectivity index (χ4n) is 3.30. The third-order valence-electron chi connectivity index (χ3n) is 4.40. The van der Waals surface area contributed by atoms with Crippen LogP contribution in [0.15, 0.2) is 12.7 Å². The van der Waals surface area contributed by atoms with Crippen LogP contribution in [-0.2, 0) is 9.47 Å². The van der Waals surface area contributed by atoms with Crippen LogP contribution in [0.4, 0.5) is 0 Å². The summed E-state index contributed by atoms with van der Waals surface area (Å²) in [7, 11) is 0. The molecule has 1 heterocycles. The van der Waals surface area contributed by atoms with Gasteiger partial charge in [0.25, 0.3) is 0 Å². The highest BCUT2D eigenvalue weighted by Crippen LogP contribution is 2.36. The van der Waals surface area contributed by atoms with Gasteiger partial charge in [-0.3, -0.25) is 0 Å². The molecular formula is C15H26O2. The summed E-state index contributed by atoms with van der Waals surface area (Å²) < 4.78 is 11.3. The summed E-state index contributed by atoms with van der Waals surface area (Å²) in [6.07, 6.45) is 9.92. The highest BCUT2D eigenvalue weighted by atomic mass is 16.7. The monoisotopic (exact) mass is 238 g/mol. The largest absolute Gasteiger partial charge is 0.349 e. The van der Waals surface area contributed by atoms with E-state index in [2.05, 4.69) is 13.5 Å². The van der Waals surface area contributed by atoms with Crippen LogP contribution in [0.5, 0.6) is 0 Å². The summed E-state index contributed by atoms with van der Waals surface area (Å²) in [6.45, 7) is 7.72. The van der Waals surface area contributed by atoms with Gasteiger partial charge in [0.1, 0.15) is 0 Å². The van der Waals surface area contributed by atoms with Gasteiger partial charge in [-0.2, -0.15) is 0 Å². The smallest absolute Gasteiger partial charge is 0.176 e. The SMILES string of the molecule is C=CC1OCC(C2CCC(CCC)CC2)CO1. The van der Waals surface area contributed by atoms with Crippen LogP contribution in [0, 0.1) is 17.8 Å². The first kappa shape index (κ1) is 13.1. The van der Waals surface area contributed by atoms with Gasteiger partial charge in [-0.15, -0.1) is 0 Å². The Morgan fingerprint density at radius 2 is 1.71 bits per heavy atom. The van der Waals surface area contributed by atoms with E-state index >= 15 is 0 Å². The van der Waals surface area contributed by atoms with E-state index in [1.54, 1.807) is 6.08 Å². The Labute approximate surface area is 105 Å². The lowest BCUT2D eigenvalue weighted by Crippen LogP contribution is -2.36. The van der Waals surface area contributed by atoms with E-state index in [4.69, 9.17) is 9.47 Å². The minimum Gasteiger partial charge on any atom is -0.349 e. The molecule has 1 saturated carbocycles. The molecule has 2 aliphatic rings. The average molecular weight is 238 g/mol. The van der Waals surface area contributed by atoms with Crippen molar-refractivity contribution in [2.45, 2.75) is 51.7 Å². The molecular weight excluding hydrogens is 212 g/mol. The molecule has 2 rings (SSSR count). The molecule has 0 atom stereocenters. The van der Waals surface area contributed by atoms with Gasteiger partial charge in [0.15, 0.2) is 6.29 Å². The molecule has 1 aliphatic heterocycles. The Hall–Kier alpha value is -0.340. The fraction of sp³-hybridized carbons (Fsp3) is 0.867. The second-order valence-corrected chi connectivity index (χ2v) is 5.60. The zero-order valence-corrected chi connectivity index (χ0v) is 11.1. The minimum absolute atomic E-state index is 0.164. The molecule has 1 saturated heterocycles. The molecule has 0 amide bonds. The molecule has 2 nitrogen and oxygen atoms in total. The van der Waals surface area contributed by atoms with E-state index in [9.17, 15) is 0 Å². The summed E-state index contributed by atoms with van der Waals surface area (Å²) in [6, 6.07) is 0. The van der Waals surface area contributed by atoms with Crippen molar-refractivity contribution in [2.75, 3.05) is 13.2 Å². The number of rotatable bonds is 4. The number of hydrogen-bond donors (Lipinski definition) is 0. The lowest BCUT2D eigenvalue weighted by Gasteiger charge is -2.37. The van der Waals surface area contributed by atoms with E-state index in [1.165, 1.54) is 38.5 Å². The van der Waals surface area contributed by atoms with Gasteiger partial charge in [0.05, 0.1) is 13.2 Å². The van der Waals surface area contributed by atoms with E-state index < -0.39 is 0 Å². The molecule has 2 fully saturated rings.